The quantitative estimate of drug-likeness (QED) is 0.0976. The lowest BCUT2D eigenvalue weighted by Crippen LogP contribution is -2.62. The zero-order valence-corrected chi connectivity index (χ0v) is 27.4. The van der Waals surface area contributed by atoms with Crippen LogP contribution >= 0.6 is 0 Å². The van der Waals surface area contributed by atoms with Gasteiger partial charge >= 0.3 is 0 Å². The molecule has 53 heavy (non-hydrogen) atoms. The molecule has 292 valence electrons. The predicted molar refractivity (Wildman–Crippen MR) is 171 cm³/mol. The molecule has 0 unspecified atom stereocenters. The topological polar surface area (TPSA) is 339 Å². The summed E-state index contributed by atoms with van der Waals surface area (Å²) in [7, 11) is 0. The number of hydrogen-bond donors (Lipinski definition) is 13. The molecule has 4 heterocycles. The van der Waals surface area contributed by atoms with Crippen LogP contribution in [0.4, 0.5) is 0 Å². The maximum absolute atomic E-state index is 13.5. The standard InChI is InChI=1S/C33H40O20/c34-7-16-23(41)27(45)31(53-33-29(47)26(44)22(40)18(9-36)52-33)30(50-16)20-13(38)6-15-19(24(20)42)12(37)5-14(49-15)10-1-3-11(4-2-10)48-32-28(46)25(43)21(39)17(8-35)51-32/h1-6,16-18,21-23,25-36,38-47H,7-9H2/t16-,17-,18-,21-,22-,23-,25+,26+,27+,28-,29-,30+,31-,32-,33+/m1/s1. The molecule has 3 aliphatic heterocycles. The van der Waals surface area contributed by atoms with E-state index < -0.39 is 140 Å². The van der Waals surface area contributed by atoms with Gasteiger partial charge in [0, 0.05) is 17.7 Å². The molecule has 20 nitrogen and oxygen atoms in total. The number of aliphatic hydroxyl groups is 11. The summed E-state index contributed by atoms with van der Waals surface area (Å²) in [6.07, 6.45) is -25.5. The Morgan fingerprint density at radius 2 is 1.15 bits per heavy atom. The summed E-state index contributed by atoms with van der Waals surface area (Å²) in [5.74, 6) is -1.62. The number of ether oxygens (including phenoxy) is 5. The number of aliphatic hydroxyl groups excluding tert-OH is 11. The summed E-state index contributed by atoms with van der Waals surface area (Å²) in [6, 6.07) is 7.63. The third-order valence-corrected chi connectivity index (χ3v) is 9.54. The van der Waals surface area contributed by atoms with Gasteiger partial charge in [-0.15, -0.1) is 0 Å². The normalized spacial score (nSPS) is 37.8. The van der Waals surface area contributed by atoms with Gasteiger partial charge in [0.1, 0.15) is 113 Å². The van der Waals surface area contributed by atoms with Crippen molar-refractivity contribution in [2.75, 3.05) is 19.8 Å². The molecule has 3 aromatic rings. The van der Waals surface area contributed by atoms with Crippen molar-refractivity contribution < 1.29 is 94.5 Å². The van der Waals surface area contributed by atoms with Crippen LogP contribution in [0.3, 0.4) is 0 Å². The second-order valence-corrected chi connectivity index (χ2v) is 12.9. The second-order valence-electron chi connectivity index (χ2n) is 12.9. The lowest BCUT2D eigenvalue weighted by molar-refractivity contribution is -0.342. The molecule has 0 aliphatic carbocycles. The van der Waals surface area contributed by atoms with Crippen LogP contribution in [0.5, 0.6) is 17.2 Å². The van der Waals surface area contributed by atoms with Gasteiger partial charge in [0.05, 0.1) is 25.4 Å². The number of hydrogen-bond acceptors (Lipinski definition) is 20. The molecule has 0 bridgehead atoms. The molecule has 1 aromatic heterocycles. The Labute approximate surface area is 298 Å². The summed E-state index contributed by atoms with van der Waals surface area (Å²) in [6.45, 7) is -2.35. The van der Waals surface area contributed by atoms with Crippen LogP contribution in [0.15, 0.2) is 45.6 Å². The van der Waals surface area contributed by atoms with Crippen molar-refractivity contribution in [1.29, 1.82) is 0 Å². The van der Waals surface area contributed by atoms with Gasteiger partial charge < -0.3 is 94.5 Å². The Bertz CT molecular complexity index is 1780. The van der Waals surface area contributed by atoms with Crippen molar-refractivity contribution in [2.45, 2.75) is 91.9 Å². The van der Waals surface area contributed by atoms with Crippen LogP contribution in [0.2, 0.25) is 0 Å². The van der Waals surface area contributed by atoms with Gasteiger partial charge in [0.25, 0.3) is 0 Å². The number of rotatable bonds is 9. The summed E-state index contributed by atoms with van der Waals surface area (Å²) in [4.78, 5) is 13.5. The Morgan fingerprint density at radius 1 is 0.623 bits per heavy atom. The molecular formula is C33H40O20. The number of benzene rings is 2. The Balaban J connectivity index is 1.30. The van der Waals surface area contributed by atoms with Crippen LogP contribution in [-0.4, -0.2) is 172 Å². The number of fused-ring (bicyclic) bond motifs is 1. The maximum atomic E-state index is 13.5. The molecule has 13 N–H and O–H groups in total. The van der Waals surface area contributed by atoms with Crippen LogP contribution in [0.1, 0.15) is 11.7 Å². The highest BCUT2D eigenvalue weighted by Crippen LogP contribution is 2.46. The summed E-state index contributed by atoms with van der Waals surface area (Å²) in [5.41, 5.74) is -1.43. The molecule has 0 saturated carbocycles. The predicted octanol–water partition coefficient (Wildman–Crippen LogP) is -4.61. The second kappa shape index (κ2) is 15.7. The van der Waals surface area contributed by atoms with Crippen molar-refractivity contribution in [3.05, 3.63) is 52.2 Å². The number of phenols is 2. The fourth-order valence-corrected chi connectivity index (χ4v) is 6.53. The molecule has 0 radical (unpaired) electrons. The van der Waals surface area contributed by atoms with Gasteiger partial charge in [-0.25, -0.2) is 0 Å². The highest BCUT2D eigenvalue weighted by molar-refractivity contribution is 5.88. The zero-order valence-electron chi connectivity index (χ0n) is 27.4. The first-order valence-corrected chi connectivity index (χ1v) is 16.4. The molecule has 15 atom stereocenters. The largest absolute Gasteiger partial charge is 0.507 e. The SMILES string of the molecule is O=c1cc(-c2ccc(O[C@@H]3O[C@H](CO)[C@@H](O)[C@H](O)[C@H]3O)cc2)oc2cc(O)c([C@@H]3O[C@H](CO)[C@@H](O)[C@H](O)[C@H]3O[C@@H]3O[C@H](CO)[C@@H](O)[C@H](O)[C@H]3O)c(O)c12. The first-order valence-electron chi connectivity index (χ1n) is 16.4. The van der Waals surface area contributed by atoms with Gasteiger partial charge in [-0.2, -0.15) is 0 Å². The minimum atomic E-state index is -1.97. The van der Waals surface area contributed by atoms with Crippen molar-refractivity contribution >= 4 is 11.0 Å². The van der Waals surface area contributed by atoms with Crippen molar-refractivity contribution in [3.8, 4) is 28.6 Å². The van der Waals surface area contributed by atoms with E-state index in [0.29, 0.717) is 5.56 Å². The van der Waals surface area contributed by atoms with E-state index in [-0.39, 0.29) is 17.1 Å². The molecule has 2 aromatic carbocycles. The molecule has 3 saturated heterocycles. The van der Waals surface area contributed by atoms with Crippen LogP contribution in [0, 0.1) is 0 Å². The minimum Gasteiger partial charge on any atom is -0.507 e. The molecule has 3 fully saturated rings. The third kappa shape index (κ3) is 7.21. The zero-order chi connectivity index (χ0) is 38.5. The third-order valence-electron chi connectivity index (χ3n) is 9.54. The fraction of sp³-hybridized carbons (Fsp3) is 0.545. The average Bonchev–Trinajstić information content (AvgIpc) is 3.14. The van der Waals surface area contributed by atoms with E-state index in [2.05, 4.69) is 0 Å². The van der Waals surface area contributed by atoms with E-state index in [1.54, 1.807) is 0 Å². The summed E-state index contributed by atoms with van der Waals surface area (Å²) < 4.78 is 33.5. The van der Waals surface area contributed by atoms with Gasteiger partial charge in [0.15, 0.2) is 11.7 Å². The molecule has 20 heteroatoms. The smallest absolute Gasteiger partial charge is 0.229 e. The maximum Gasteiger partial charge on any atom is 0.229 e. The Kier molecular flexibility index (Phi) is 11.6. The van der Waals surface area contributed by atoms with Crippen molar-refractivity contribution in [1.82, 2.24) is 0 Å². The van der Waals surface area contributed by atoms with E-state index in [1.165, 1.54) is 24.3 Å². The molecule has 6 rings (SSSR count). The highest BCUT2D eigenvalue weighted by atomic mass is 16.7. The monoisotopic (exact) mass is 756 g/mol. The molecule has 0 amide bonds. The van der Waals surface area contributed by atoms with E-state index in [1.807, 2.05) is 0 Å². The lowest BCUT2D eigenvalue weighted by Gasteiger charge is -2.46. The minimum absolute atomic E-state index is 0.0509. The Morgan fingerprint density at radius 3 is 1.74 bits per heavy atom. The van der Waals surface area contributed by atoms with E-state index in [9.17, 15) is 71.2 Å². The van der Waals surface area contributed by atoms with Crippen molar-refractivity contribution in [3.63, 3.8) is 0 Å². The number of aromatic hydroxyl groups is 2. The van der Waals surface area contributed by atoms with Gasteiger partial charge in [-0.3, -0.25) is 4.79 Å². The van der Waals surface area contributed by atoms with Crippen molar-refractivity contribution in [2.24, 2.45) is 0 Å². The van der Waals surface area contributed by atoms with Gasteiger partial charge in [-0.1, -0.05) is 0 Å². The molecule has 3 aliphatic rings. The lowest BCUT2D eigenvalue weighted by atomic mass is 9.89. The summed E-state index contributed by atoms with van der Waals surface area (Å²) in [5, 5.41) is 134. The average molecular weight is 757 g/mol. The first kappa shape index (κ1) is 39.2. The summed E-state index contributed by atoms with van der Waals surface area (Å²) >= 11 is 0. The molecule has 0 spiro atoms. The van der Waals surface area contributed by atoms with E-state index in [4.69, 9.17) is 28.1 Å². The Hall–Kier alpha value is -3.55. The van der Waals surface area contributed by atoms with E-state index in [0.717, 1.165) is 12.1 Å². The van der Waals surface area contributed by atoms with Crippen LogP contribution < -0.4 is 10.2 Å². The molecular weight excluding hydrogens is 716 g/mol. The van der Waals surface area contributed by atoms with Gasteiger partial charge in [0.2, 0.25) is 6.29 Å². The van der Waals surface area contributed by atoms with Crippen LogP contribution in [-0.2, 0) is 18.9 Å². The van der Waals surface area contributed by atoms with Gasteiger partial charge in [-0.05, 0) is 24.3 Å². The van der Waals surface area contributed by atoms with E-state index >= 15 is 0 Å². The van der Waals surface area contributed by atoms with Crippen LogP contribution in [0.25, 0.3) is 22.3 Å². The number of phenolic OH excluding ortho intramolecular Hbond substituents is 2. The first-order chi connectivity index (χ1) is 25.2. The highest BCUT2D eigenvalue weighted by Gasteiger charge is 2.52. The fourth-order valence-electron chi connectivity index (χ4n) is 6.53.